The van der Waals surface area contributed by atoms with Crippen LogP contribution in [0.5, 0.6) is 0 Å². The molecule has 2 atom stereocenters. The fraction of sp³-hybridized carbons (Fsp3) is 0.833. The highest BCUT2D eigenvalue weighted by atomic mass is 16.6. The van der Waals surface area contributed by atoms with Crippen molar-refractivity contribution in [3.8, 4) is 0 Å². The molecule has 1 aliphatic carbocycles. The molecule has 0 radical (unpaired) electrons. The van der Waals surface area contributed by atoms with Crippen molar-refractivity contribution in [1.82, 2.24) is 9.80 Å². The zero-order chi connectivity index (χ0) is 12.4. The summed E-state index contributed by atoms with van der Waals surface area (Å²) in [6.07, 6.45) is 0.760. The van der Waals surface area contributed by atoms with Crippen LogP contribution in [0.3, 0.4) is 0 Å². The molecular weight excluding hydrogens is 220 g/mol. The maximum atomic E-state index is 12.0. The van der Waals surface area contributed by atoms with E-state index in [1.807, 2.05) is 4.90 Å². The Hall–Kier alpha value is -1.26. The van der Waals surface area contributed by atoms with E-state index in [1.165, 1.54) is 0 Å². The van der Waals surface area contributed by atoms with Crippen LogP contribution in [0.15, 0.2) is 0 Å². The maximum absolute atomic E-state index is 12.0. The van der Waals surface area contributed by atoms with Crippen LogP contribution in [-0.4, -0.2) is 54.6 Å². The first-order valence-corrected chi connectivity index (χ1v) is 6.34. The summed E-state index contributed by atoms with van der Waals surface area (Å²) in [7, 11) is 0. The van der Waals surface area contributed by atoms with Crippen LogP contribution in [0.4, 0.5) is 4.79 Å². The van der Waals surface area contributed by atoms with Gasteiger partial charge in [-0.25, -0.2) is 4.79 Å². The Kier molecular flexibility index (Phi) is 3.54. The number of hydrogen-bond donors (Lipinski definition) is 0. The number of ether oxygens (including phenoxy) is 1. The van der Waals surface area contributed by atoms with E-state index in [9.17, 15) is 9.59 Å². The van der Waals surface area contributed by atoms with Crippen molar-refractivity contribution in [3.05, 3.63) is 0 Å². The lowest BCUT2D eigenvalue weighted by molar-refractivity contribution is -0.134. The van der Waals surface area contributed by atoms with Crippen LogP contribution in [0.2, 0.25) is 0 Å². The number of carbonyl (C=O) groups is 2. The summed E-state index contributed by atoms with van der Waals surface area (Å²) in [5.41, 5.74) is 0. The van der Waals surface area contributed by atoms with Crippen LogP contribution < -0.4 is 0 Å². The molecule has 0 spiro atoms. The van der Waals surface area contributed by atoms with E-state index in [0.29, 0.717) is 38.7 Å². The van der Waals surface area contributed by atoms with Gasteiger partial charge in [0.15, 0.2) is 0 Å². The third kappa shape index (κ3) is 2.70. The summed E-state index contributed by atoms with van der Waals surface area (Å²) in [5.74, 6) is 1.05. The summed E-state index contributed by atoms with van der Waals surface area (Å²) in [4.78, 5) is 27.0. The number of carbonyl (C=O) groups excluding carboxylic acids is 2. The first kappa shape index (κ1) is 12.2. The standard InChI is InChI=1S/C12H20N2O3/c1-3-17-12(16)14-6-4-13(5-7-14)11(15)10-8-9(10)2/h9-10H,3-8H2,1-2H3. The number of hydrogen-bond acceptors (Lipinski definition) is 3. The largest absolute Gasteiger partial charge is 0.450 e. The SMILES string of the molecule is CCOC(=O)N1CCN(C(=O)C2CC2C)CC1. The third-order valence-electron chi connectivity index (χ3n) is 3.54. The predicted octanol–water partition coefficient (Wildman–Crippen LogP) is 0.943. The molecule has 1 saturated heterocycles. The van der Waals surface area contributed by atoms with Gasteiger partial charge < -0.3 is 14.5 Å². The van der Waals surface area contributed by atoms with Crippen LogP contribution in [0.25, 0.3) is 0 Å². The zero-order valence-electron chi connectivity index (χ0n) is 10.5. The van der Waals surface area contributed by atoms with Crippen LogP contribution in [0, 0.1) is 11.8 Å². The van der Waals surface area contributed by atoms with Gasteiger partial charge in [-0.05, 0) is 19.3 Å². The molecule has 0 aromatic carbocycles. The average Bonchev–Trinajstić information content (AvgIpc) is 3.06. The Morgan fingerprint density at radius 3 is 2.18 bits per heavy atom. The van der Waals surface area contributed by atoms with E-state index in [2.05, 4.69) is 6.92 Å². The van der Waals surface area contributed by atoms with Gasteiger partial charge in [-0.15, -0.1) is 0 Å². The van der Waals surface area contributed by atoms with Gasteiger partial charge >= 0.3 is 6.09 Å². The molecule has 1 saturated carbocycles. The second-order valence-corrected chi connectivity index (χ2v) is 4.83. The Labute approximate surface area is 102 Å². The number of rotatable bonds is 2. The molecule has 2 aliphatic rings. The van der Waals surface area contributed by atoms with Gasteiger partial charge in [0.25, 0.3) is 0 Å². The van der Waals surface area contributed by atoms with Crippen molar-refractivity contribution in [2.45, 2.75) is 20.3 Å². The molecule has 1 aliphatic heterocycles. The average molecular weight is 240 g/mol. The molecule has 0 aromatic heterocycles. The van der Waals surface area contributed by atoms with Gasteiger partial charge in [0, 0.05) is 32.1 Å². The first-order valence-electron chi connectivity index (χ1n) is 6.34. The molecule has 17 heavy (non-hydrogen) atoms. The second kappa shape index (κ2) is 4.94. The van der Waals surface area contributed by atoms with Crippen molar-refractivity contribution in [2.24, 2.45) is 11.8 Å². The van der Waals surface area contributed by atoms with Crippen molar-refractivity contribution in [2.75, 3.05) is 32.8 Å². The highest BCUT2D eigenvalue weighted by molar-refractivity contribution is 5.82. The van der Waals surface area contributed by atoms with Crippen molar-refractivity contribution in [1.29, 1.82) is 0 Å². The molecule has 0 bridgehead atoms. The van der Waals surface area contributed by atoms with Gasteiger partial charge in [-0.3, -0.25) is 4.79 Å². The van der Waals surface area contributed by atoms with E-state index in [-0.39, 0.29) is 17.9 Å². The highest BCUT2D eigenvalue weighted by Crippen LogP contribution is 2.39. The van der Waals surface area contributed by atoms with Gasteiger partial charge in [-0.1, -0.05) is 6.92 Å². The Morgan fingerprint density at radius 2 is 1.71 bits per heavy atom. The van der Waals surface area contributed by atoms with E-state index in [0.717, 1.165) is 6.42 Å². The number of amides is 2. The van der Waals surface area contributed by atoms with E-state index in [4.69, 9.17) is 4.74 Å². The second-order valence-electron chi connectivity index (χ2n) is 4.83. The first-order chi connectivity index (χ1) is 8.13. The molecule has 96 valence electrons. The summed E-state index contributed by atoms with van der Waals surface area (Å²) in [6, 6.07) is 0. The van der Waals surface area contributed by atoms with Gasteiger partial charge in [0.05, 0.1) is 6.61 Å². The fourth-order valence-corrected chi connectivity index (χ4v) is 2.22. The normalized spacial score (nSPS) is 27.9. The zero-order valence-corrected chi connectivity index (χ0v) is 10.5. The van der Waals surface area contributed by atoms with Crippen molar-refractivity contribution < 1.29 is 14.3 Å². The topological polar surface area (TPSA) is 49.9 Å². The molecule has 2 rings (SSSR count). The quantitative estimate of drug-likeness (QED) is 0.722. The molecule has 5 nitrogen and oxygen atoms in total. The summed E-state index contributed by atoms with van der Waals surface area (Å²) < 4.78 is 4.94. The summed E-state index contributed by atoms with van der Waals surface area (Å²) in [6.45, 7) is 6.76. The summed E-state index contributed by atoms with van der Waals surface area (Å²) >= 11 is 0. The molecule has 2 amide bonds. The van der Waals surface area contributed by atoms with Crippen molar-refractivity contribution >= 4 is 12.0 Å². The van der Waals surface area contributed by atoms with E-state index < -0.39 is 0 Å². The van der Waals surface area contributed by atoms with Gasteiger partial charge in [-0.2, -0.15) is 0 Å². The van der Waals surface area contributed by atoms with E-state index >= 15 is 0 Å². The summed E-state index contributed by atoms with van der Waals surface area (Å²) in [5, 5.41) is 0. The minimum absolute atomic E-state index is 0.240. The minimum Gasteiger partial charge on any atom is -0.450 e. The van der Waals surface area contributed by atoms with Gasteiger partial charge in [0.1, 0.15) is 0 Å². The molecular formula is C12H20N2O3. The fourth-order valence-electron chi connectivity index (χ4n) is 2.22. The maximum Gasteiger partial charge on any atom is 0.409 e. The molecule has 0 aromatic rings. The van der Waals surface area contributed by atoms with Crippen LogP contribution >= 0.6 is 0 Å². The monoisotopic (exact) mass is 240 g/mol. The third-order valence-corrected chi connectivity index (χ3v) is 3.54. The molecule has 0 N–H and O–H groups in total. The Morgan fingerprint density at radius 1 is 1.18 bits per heavy atom. The molecule has 2 fully saturated rings. The lowest BCUT2D eigenvalue weighted by atomic mass is 10.2. The lowest BCUT2D eigenvalue weighted by Crippen LogP contribution is -2.51. The smallest absolute Gasteiger partial charge is 0.409 e. The highest BCUT2D eigenvalue weighted by Gasteiger charge is 2.42. The van der Waals surface area contributed by atoms with E-state index in [1.54, 1.807) is 11.8 Å². The molecule has 5 heteroatoms. The predicted molar refractivity (Wildman–Crippen MR) is 62.4 cm³/mol. The number of nitrogens with zero attached hydrogens (tertiary/aromatic N) is 2. The number of piperazine rings is 1. The Bertz CT molecular complexity index is 311. The van der Waals surface area contributed by atoms with Gasteiger partial charge in [0.2, 0.25) is 5.91 Å². The minimum atomic E-state index is -0.264. The lowest BCUT2D eigenvalue weighted by Gasteiger charge is -2.34. The molecule has 2 unspecified atom stereocenters. The Balaban J connectivity index is 1.78. The van der Waals surface area contributed by atoms with Crippen LogP contribution in [-0.2, 0) is 9.53 Å². The van der Waals surface area contributed by atoms with Crippen molar-refractivity contribution in [3.63, 3.8) is 0 Å². The molecule has 1 heterocycles. The van der Waals surface area contributed by atoms with Crippen LogP contribution in [0.1, 0.15) is 20.3 Å².